The Kier molecular flexibility index (Phi) is 2.73. The number of hydrogen-bond acceptors (Lipinski definition) is 2. The Balaban J connectivity index is 2.66. The lowest BCUT2D eigenvalue weighted by molar-refractivity contribution is -0.125. The van der Waals surface area contributed by atoms with Crippen molar-refractivity contribution in [1.82, 2.24) is 10.6 Å². The summed E-state index contributed by atoms with van der Waals surface area (Å²) in [4.78, 5) is 11.5. The highest BCUT2D eigenvalue weighted by Crippen LogP contribution is 2.19. The minimum atomic E-state index is -0.0417. The van der Waals surface area contributed by atoms with Crippen molar-refractivity contribution >= 4 is 5.91 Å². The molecule has 1 atom stereocenters. The first-order valence-corrected chi connectivity index (χ1v) is 4.53. The fraction of sp³-hybridized carbons (Fsp3) is 0.889. The van der Waals surface area contributed by atoms with E-state index in [9.17, 15) is 4.79 Å². The van der Waals surface area contributed by atoms with E-state index in [1.54, 1.807) is 0 Å². The molecule has 1 heterocycles. The molecular formula is C9H18N2O. The van der Waals surface area contributed by atoms with E-state index in [1.165, 1.54) is 0 Å². The smallest absolute Gasteiger partial charge is 0.237 e. The maximum Gasteiger partial charge on any atom is 0.237 e. The molecule has 0 radical (unpaired) electrons. The number of carbonyl (C=O) groups excluding carboxylic acids is 1. The fourth-order valence-electron chi connectivity index (χ4n) is 1.44. The van der Waals surface area contributed by atoms with Gasteiger partial charge in [-0.25, -0.2) is 0 Å². The van der Waals surface area contributed by atoms with Crippen molar-refractivity contribution in [2.24, 2.45) is 5.41 Å². The third-order valence-electron chi connectivity index (χ3n) is 2.13. The van der Waals surface area contributed by atoms with Gasteiger partial charge < -0.3 is 10.6 Å². The summed E-state index contributed by atoms with van der Waals surface area (Å²) in [7, 11) is 0. The van der Waals surface area contributed by atoms with Gasteiger partial charge in [0.2, 0.25) is 5.91 Å². The molecule has 0 spiro atoms. The molecule has 70 valence electrons. The van der Waals surface area contributed by atoms with Crippen molar-refractivity contribution in [2.75, 3.05) is 13.1 Å². The third kappa shape index (κ3) is 2.21. The normalized spacial score (nSPS) is 26.2. The van der Waals surface area contributed by atoms with Crippen molar-refractivity contribution < 1.29 is 4.79 Å². The Morgan fingerprint density at radius 1 is 1.33 bits per heavy atom. The lowest BCUT2D eigenvalue weighted by Gasteiger charge is -2.28. The Morgan fingerprint density at radius 2 is 2.00 bits per heavy atom. The zero-order valence-electron chi connectivity index (χ0n) is 8.11. The van der Waals surface area contributed by atoms with E-state index in [0.29, 0.717) is 0 Å². The van der Waals surface area contributed by atoms with Crippen molar-refractivity contribution in [3.63, 3.8) is 0 Å². The minimum Gasteiger partial charge on any atom is -0.355 e. The SMILES string of the molecule is CC(C)(C)C1NCCCNC1=O. The van der Waals surface area contributed by atoms with Crippen LogP contribution in [0.3, 0.4) is 0 Å². The van der Waals surface area contributed by atoms with Gasteiger partial charge in [-0.15, -0.1) is 0 Å². The lowest BCUT2D eigenvalue weighted by atomic mass is 9.86. The number of hydrogen-bond donors (Lipinski definition) is 2. The van der Waals surface area contributed by atoms with E-state index in [-0.39, 0.29) is 17.4 Å². The summed E-state index contributed by atoms with van der Waals surface area (Å²) in [5, 5.41) is 6.16. The van der Waals surface area contributed by atoms with Gasteiger partial charge in [0, 0.05) is 6.54 Å². The number of carbonyl (C=O) groups is 1. The molecule has 0 aliphatic carbocycles. The van der Waals surface area contributed by atoms with Crippen LogP contribution >= 0.6 is 0 Å². The van der Waals surface area contributed by atoms with Crippen LogP contribution in [0, 0.1) is 5.41 Å². The zero-order valence-corrected chi connectivity index (χ0v) is 8.11. The predicted octanol–water partition coefficient (Wildman–Crippen LogP) is 0.511. The van der Waals surface area contributed by atoms with Crippen molar-refractivity contribution in [3.8, 4) is 0 Å². The second-order valence-corrected chi connectivity index (χ2v) is 4.40. The van der Waals surface area contributed by atoms with Crippen LogP contribution in [0.15, 0.2) is 0 Å². The summed E-state index contributed by atoms with van der Waals surface area (Å²) in [5.74, 6) is 0.139. The van der Waals surface area contributed by atoms with Crippen LogP contribution in [0.25, 0.3) is 0 Å². The average Bonchev–Trinajstić information content (AvgIpc) is 2.11. The Bertz CT molecular complexity index is 172. The first-order chi connectivity index (χ1) is 5.52. The monoisotopic (exact) mass is 170 g/mol. The van der Waals surface area contributed by atoms with E-state index in [0.717, 1.165) is 19.5 Å². The largest absolute Gasteiger partial charge is 0.355 e. The van der Waals surface area contributed by atoms with Gasteiger partial charge in [0.1, 0.15) is 0 Å². The highest BCUT2D eigenvalue weighted by Gasteiger charge is 2.31. The number of nitrogens with one attached hydrogen (secondary N) is 2. The Morgan fingerprint density at radius 3 is 2.58 bits per heavy atom. The first kappa shape index (κ1) is 9.52. The first-order valence-electron chi connectivity index (χ1n) is 4.53. The zero-order chi connectivity index (χ0) is 9.19. The number of rotatable bonds is 0. The van der Waals surface area contributed by atoms with E-state index < -0.39 is 0 Å². The van der Waals surface area contributed by atoms with Crippen LogP contribution in [0.4, 0.5) is 0 Å². The predicted molar refractivity (Wildman–Crippen MR) is 48.9 cm³/mol. The molecule has 2 N–H and O–H groups in total. The van der Waals surface area contributed by atoms with Gasteiger partial charge in [-0.2, -0.15) is 0 Å². The Labute approximate surface area is 73.9 Å². The maximum absolute atomic E-state index is 11.5. The molecule has 1 unspecified atom stereocenters. The summed E-state index contributed by atoms with van der Waals surface area (Å²) in [6, 6.07) is -0.0417. The molecule has 1 aliphatic rings. The summed E-state index contributed by atoms with van der Waals surface area (Å²) >= 11 is 0. The number of amides is 1. The topological polar surface area (TPSA) is 41.1 Å². The van der Waals surface area contributed by atoms with E-state index in [4.69, 9.17) is 0 Å². The molecule has 1 amide bonds. The molecule has 1 saturated heterocycles. The molecular weight excluding hydrogens is 152 g/mol. The van der Waals surface area contributed by atoms with Crippen LogP contribution in [0.1, 0.15) is 27.2 Å². The van der Waals surface area contributed by atoms with Crippen LogP contribution in [0.5, 0.6) is 0 Å². The summed E-state index contributed by atoms with van der Waals surface area (Å²) < 4.78 is 0. The molecule has 3 heteroatoms. The highest BCUT2D eigenvalue weighted by molar-refractivity contribution is 5.82. The highest BCUT2D eigenvalue weighted by atomic mass is 16.2. The molecule has 3 nitrogen and oxygen atoms in total. The fourth-order valence-corrected chi connectivity index (χ4v) is 1.44. The van der Waals surface area contributed by atoms with E-state index in [2.05, 4.69) is 31.4 Å². The second-order valence-electron chi connectivity index (χ2n) is 4.40. The molecule has 0 saturated carbocycles. The molecule has 0 aromatic rings. The summed E-state index contributed by atoms with van der Waals surface area (Å²) in [5.41, 5.74) is 0.00836. The van der Waals surface area contributed by atoms with Gasteiger partial charge in [0.05, 0.1) is 6.04 Å². The van der Waals surface area contributed by atoms with Crippen LogP contribution < -0.4 is 10.6 Å². The molecule has 1 rings (SSSR count). The Hall–Kier alpha value is -0.570. The maximum atomic E-state index is 11.5. The van der Waals surface area contributed by atoms with Gasteiger partial charge in [-0.05, 0) is 18.4 Å². The van der Waals surface area contributed by atoms with Crippen molar-refractivity contribution in [3.05, 3.63) is 0 Å². The van der Waals surface area contributed by atoms with E-state index in [1.807, 2.05) is 0 Å². The summed E-state index contributed by atoms with van der Waals surface area (Å²) in [6.07, 6.45) is 1.03. The molecule has 1 aliphatic heterocycles. The molecule has 0 bridgehead atoms. The minimum absolute atomic E-state index is 0.00836. The van der Waals surface area contributed by atoms with Gasteiger partial charge in [-0.3, -0.25) is 4.79 Å². The second kappa shape index (κ2) is 3.44. The molecule has 12 heavy (non-hydrogen) atoms. The average molecular weight is 170 g/mol. The summed E-state index contributed by atoms with van der Waals surface area (Å²) in [6.45, 7) is 7.97. The third-order valence-corrected chi connectivity index (χ3v) is 2.13. The van der Waals surface area contributed by atoms with Crippen LogP contribution in [-0.4, -0.2) is 25.0 Å². The van der Waals surface area contributed by atoms with Gasteiger partial charge in [0.15, 0.2) is 0 Å². The van der Waals surface area contributed by atoms with Gasteiger partial charge >= 0.3 is 0 Å². The standard InChI is InChI=1S/C9H18N2O/c1-9(2,3)7-8(12)11-6-4-5-10-7/h7,10H,4-6H2,1-3H3,(H,11,12). The van der Waals surface area contributed by atoms with Crippen molar-refractivity contribution in [1.29, 1.82) is 0 Å². The van der Waals surface area contributed by atoms with Crippen LogP contribution in [0.2, 0.25) is 0 Å². The molecule has 0 aromatic carbocycles. The van der Waals surface area contributed by atoms with Gasteiger partial charge in [0.25, 0.3) is 0 Å². The lowest BCUT2D eigenvalue weighted by Crippen LogP contribution is -2.49. The van der Waals surface area contributed by atoms with Crippen LogP contribution in [-0.2, 0) is 4.79 Å². The van der Waals surface area contributed by atoms with E-state index >= 15 is 0 Å². The molecule has 0 aromatic heterocycles. The quantitative estimate of drug-likeness (QED) is 0.556. The van der Waals surface area contributed by atoms with Gasteiger partial charge in [-0.1, -0.05) is 20.8 Å². The molecule has 1 fully saturated rings. The van der Waals surface area contributed by atoms with Crippen molar-refractivity contribution in [2.45, 2.75) is 33.2 Å².